The Morgan fingerprint density at radius 1 is 0.929 bits per heavy atom. The van der Waals surface area contributed by atoms with Crippen LogP contribution in [0, 0.1) is 0 Å². The van der Waals surface area contributed by atoms with Gasteiger partial charge in [0.1, 0.15) is 0 Å². The van der Waals surface area contributed by atoms with Crippen LogP contribution in [0.25, 0.3) is 0 Å². The van der Waals surface area contributed by atoms with E-state index < -0.39 is 0 Å². The van der Waals surface area contributed by atoms with E-state index in [9.17, 15) is 0 Å². The Hall–Kier alpha value is -0.0800. The van der Waals surface area contributed by atoms with Gasteiger partial charge < -0.3 is 10.1 Å². The molecular weight excluding hydrogens is 174 g/mol. The van der Waals surface area contributed by atoms with Crippen molar-refractivity contribution < 1.29 is 4.74 Å². The largest absolute Gasteiger partial charge is 0.375 e. The molecule has 0 radical (unpaired) electrons. The zero-order valence-corrected chi connectivity index (χ0v) is 9.46. The lowest BCUT2D eigenvalue weighted by molar-refractivity contribution is -0.0434. The summed E-state index contributed by atoms with van der Waals surface area (Å²) in [5, 5.41) is 3.80. The third-order valence-corrected chi connectivity index (χ3v) is 3.52. The van der Waals surface area contributed by atoms with Gasteiger partial charge in [-0.15, -0.1) is 0 Å². The summed E-state index contributed by atoms with van der Waals surface area (Å²) >= 11 is 0. The molecule has 14 heavy (non-hydrogen) atoms. The van der Waals surface area contributed by atoms with E-state index in [4.69, 9.17) is 4.74 Å². The molecule has 0 bridgehead atoms. The molecule has 2 rings (SSSR count). The predicted molar refractivity (Wildman–Crippen MR) is 58.4 cm³/mol. The Kier molecular flexibility index (Phi) is 3.45. The van der Waals surface area contributed by atoms with Crippen molar-refractivity contribution in [1.29, 1.82) is 0 Å². The molecule has 0 aromatic carbocycles. The first-order valence-electron chi connectivity index (χ1n) is 6.15. The molecule has 1 saturated heterocycles. The highest BCUT2D eigenvalue weighted by Crippen LogP contribution is 2.23. The van der Waals surface area contributed by atoms with Crippen LogP contribution in [0.1, 0.15) is 52.4 Å². The standard InChI is InChI=1S/C12H23NO/c1-9-7-12(8-10(2)14-9)13-11-5-3-4-6-11/h9-13H,3-8H2,1-2H3/t9-,10+,12?. The summed E-state index contributed by atoms with van der Waals surface area (Å²) in [4.78, 5) is 0. The van der Waals surface area contributed by atoms with Gasteiger partial charge in [-0.1, -0.05) is 12.8 Å². The summed E-state index contributed by atoms with van der Waals surface area (Å²) in [6.45, 7) is 4.39. The van der Waals surface area contributed by atoms with Crippen LogP contribution in [0.15, 0.2) is 0 Å². The first kappa shape index (κ1) is 10.4. The number of ether oxygens (including phenoxy) is 1. The van der Waals surface area contributed by atoms with Crippen LogP contribution in [0.3, 0.4) is 0 Å². The van der Waals surface area contributed by atoms with E-state index in [-0.39, 0.29) is 0 Å². The molecule has 1 saturated carbocycles. The normalized spacial score (nSPS) is 40.3. The van der Waals surface area contributed by atoms with Crippen LogP contribution >= 0.6 is 0 Å². The van der Waals surface area contributed by atoms with Gasteiger partial charge in [0.05, 0.1) is 12.2 Å². The van der Waals surface area contributed by atoms with Crippen LogP contribution in [0.5, 0.6) is 0 Å². The van der Waals surface area contributed by atoms with Crippen molar-refractivity contribution in [3.63, 3.8) is 0 Å². The molecule has 2 fully saturated rings. The second kappa shape index (κ2) is 4.63. The molecule has 1 aliphatic heterocycles. The monoisotopic (exact) mass is 197 g/mol. The van der Waals surface area contributed by atoms with Crippen LogP contribution in [-0.4, -0.2) is 24.3 Å². The maximum atomic E-state index is 5.74. The molecular formula is C12H23NO. The van der Waals surface area contributed by atoms with Crippen LogP contribution in [0.2, 0.25) is 0 Å². The highest BCUT2D eigenvalue weighted by molar-refractivity contribution is 4.83. The Morgan fingerprint density at radius 2 is 1.50 bits per heavy atom. The fraction of sp³-hybridized carbons (Fsp3) is 1.00. The Labute approximate surface area is 87.4 Å². The summed E-state index contributed by atoms with van der Waals surface area (Å²) in [7, 11) is 0. The van der Waals surface area contributed by atoms with Gasteiger partial charge in [0.2, 0.25) is 0 Å². The lowest BCUT2D eigenvalue weighted by Gasteiger charge is -2.34. The zero-order chi connectivity index (χ0) is 9.97. The van der Waals surface area contributed by atoms with Crippen molar-refractivity contribution in [3.8, 4) is 0 Å². The third kappa shape index (κ3) is 2.71. The number of nitrogens with one attached hydrogen (secondary N) is 1. The SMILES string of the molecule is C[C@@H]1CC(NC2CCCC2)C[C@H](C)O1. The van der Waals surface area contributed by atoms with Gasteiger partial charge >= 0.3 is 0 Å². The van der Waals surface area contributed by atoms with Crippen LogP contribution in [0.4, 0.5) is 0 Å². The molecule has 0 amide bonds. The molecule has 1 heterocycles. The van der Waals surface area contributed by atoms with Gasteiger partial charge in [0, 0.05) is 12.1 Å². The van der Waals surface area contributed by atoms with Crippen molar-refractivity contribution in [2.45, 2.75) is 76.7 Å². The highest BCUT2D eigenvalue weighted by atomic mass is 16.5. The number of rotatable bonds is 2. The summed E-state index contributed by atoms with van der Waals surface area (Å²) in [6.07, 6.45) is 8.90. The minimum Gasteiger partial charge on any atom is -0.375 e. The average Bonchev–Trinajstić information content (AvgIpc) is 2.54. The van der Waals surface area contributed by atoms with Gasteiger partial charge in [-0.3, -0.25) is 0 Å². The van der Waals surface area contributed by atoms with E-state index in [1.807, 2.05) is 0 Å². The minimum absolute atomic E-state index is 0.442. The van der Waals surface area contributed by atoms with Crippen molar-refractivity contribution >= 4 is 0 Å². The number of hydrogen-bond acceptors (Lipinski definition) is 2. The van der Waals surface area contributed by atoms with E-state index in [1.54, 1.807) is 0 Å². The molecule has 0 spiro atoms. The number of hydrogen-bond donors (Lipinski definition) is 1. The topological polar surface area (TPSA) is 21.3 Å². The second-order valence-corrected chi connectivity index (χ2v) is 5.07. The third-order valence-electron chi connectivity index (χ3n) is 3.52. The van der Waals surface area contributed by atoms with E-state index in [1.165, 1.54) is 38.5 Å². The quantitative estimate of drug-likeness (QED) is 0.734. The molecule has 2 heteroatoms. The minimum atomic E-state index is 0.442. The van der Waals surface area contributed by atoms with Crippen molar-refractivity contribution in [2.75, 3.05) is 0 Å². The van der Waals surface area contributed by atoms with Gasteiger partial charge in [-0.25, -0.2) is 0 Å². The smallest absolute Gasteiger partial charge is 0.0565 e. The molecule has 3 atom stereocenters. The maximum absolute atomic E-state index is 5.74. The average molecular weight is 197 g/mol. The second-order valence-electron chi connectivity index (χ2n) is 5.07. The summed E-state index contributed by atoms with van der Waals surface area (Å²) in [5.41, 5.74) is 0. The first-order chi connectivity index (χ1) is 6.74. The molecule has 0 aromatic heterocycles. The molecule has 0 aromatic rings. The molecule has 1 N–H and O–H groups in total. The van der Waals surface area contributed by atoms with E-state index in [0.717, 1.165) is 6.04 Å². The zero-order valence-electron chi connectivity index (χ0n) is 9.46. The Morgan fingerprint density at radius 3 is 2.07 bits per heavy atom. The Balaban J connectivity index is 1.78. The fourth-order valence-electron chi connectivity index (χ4n) is 2.97. The summed E-state index contributed by atoms with van der Waals surface area (Å²) in [6, 6.07) is 1.51. The van der Waals surface area contributed by atoms with Gasteiger partial charge in [0.25, 0.3) is 0 Å². The molecule has 2 nitrogen and oxygen atoms in total. The first-order valence-corrected chi connectivity index (χ1v) is 6.15. The highest BCUT2D eigenvalue weighted by Gasteiger charge is 2.26. The van der Waals surface area contributed by atoms with Crippen LogP contribution in [-0.2, 0) is 4.74 Å². The van der Waals surface area contributed by atoms with Crippen molar-refractivity contribution in [3.05, 3.63) is 0 Å². The maximum Gasteiger partial charge on any atom is 0.0565 e. The molecule has 2 aliphatic rings. The van der Waals surface area contributed by atoms with Crippen LogP contribution < -0.4 is 5.32 Å². The summed E-state index contributed by atoms with van der Waals surface area (Å²) < 4.78 is 5.74. The lowest BCUT2D eigenvalue weighted by atomic mass is 9.99. The lowest BCUT2D eigenvalue weighted by Crippen LogP contribution is -2.44. The molecule has 1 aliphatic carbocycles. The van der Waals surface area contributed by atoms with Crippen molar-refractivity contribution in [1.82, 2.24) is 5.32 Å². The summed E-state index contributed by atoms with van der Waals surface area (Å²) in [5.74, 6) is 0. The fourth-order valence-corrected chi connectivity index (χ4v) is 2.97. The van der Waals surface area contributed by atoms with E-state index in [2.05, 4.69) is 19.2 Å². The molecule has 1 unspecified atom stereocenters. The predicted octanol–water partition coefficient (Wildman–Crippen LogP) is 2.47. The van der Waals surface area contributed by atoms with E-state index >= 15 is 0 Å². The van der Waals surface area contributed by atoms with Crippen molar-refractivity contribution in [2.24, 2.45) is 0 Å². The van der Waals surface area contributed by atoms with Gasteiger partial charge in [-0.2, -0.15) is 0 Å². The van der Waals surface area contributed by atoms with E-state index in [0.29, 0.717) is 18.2 Å². The van der Waals surface area contributed by atoms with Gasteiger partial charge in [-0.05, 0) is 39.5 Å². The molecule has 82 valence electrons. The van der Waals surface area contributed by atoms with Gasteiger partial charge in [0.15, 0.2) is 0 Å². The Bertz CT molecular complexity index is 167.